The average Bonchev–Trinajstić information content (AvgIpc) is 3.19. The Bertz CT molecular complexity index is 896. The van der Waals surface area contributed by atoms with Crippen molar-refractivity contribution >= 4 is 33.9 Å². The molecular weight excluding hydrogens is 482 g/mol. The number of hydrogen-bond acceptors (Lipinski definition) is 7. The second kappa shape index (κ2) is 9.67. The number of likely N-dealkylation sites (tertiary alicyclic amines) is 1. The molecule has 2 heterocycles. The molecule has 0 aliphatic carbocycles. The van der Waals surface area contributed by atoms with Crippen molar-refractivity contribution in [2.75, 3.05) is 32.2 Å². The molecule has 32 heavy (non-hydrogen) atoms. The van der Waals surface area contributed by atoms with E-state index in [2.05, 4.69) is 27.1 Å². The fraction of sp³-hybridized carbons (Fsp3) is 0.714. The third-order valence-corrected chi connectivity index (χ3v) is 5.22. The monoisotopic (exact) mass is 513 g/mol. The van der Waals surface area contributed by atoms with Crippen LogP contribution < -0.4 is 4.90 Å². The maximum absolute atomic E-state index is 12.8. The van der Waals surface area contributed by atoms with E-state index in [0.29, 0.717) is 23.4 Å². The van der Waals surface area contributed by atoms with E-state index in [9.17, 15) is 14.9 Å². The van der Waals surface area contributed by atoms with Crippen molar-refractivity contribution in [3.05, 3.63) is 10.2 Å². The highest BCUT2D eigenvalue weighted by molar-refractivity contribution is 9.10. The molecule has 2 rings (SSSR count). The summed E-state index contributed by atoms with van der Waals surface area (Å²) < 4.78 is 18.3. The lowest BCUT2D eigenvalue weighted by Crippen LogP contribution is -2.41. The first kappa shape index (κ1) is 25.9. The molecular formula is C21H32BrN5O5. The minimum Gasteiger partial charge on any atom is -0.444 e. The van der Waals surface area contributed by atoms with Crippen molar-refractivity contribution in [2.24, 2.45) is 0 Å². The SMILES string of the molecule is COCC1CC(n2nc(Br)c(C#N)c2N(C)C(=O)OC(C)(C)C)CN1C(=O)OC(C)(C)C. The normalized spacial score (nSPS) is 18.9. The molecule has 2 atom stereocenters. The number of nitrogens with zero attached hydrogens (tertiary/aromatic N) is 5. The number of amides is 2. The summed E-state index contributed by atoms with van der Waals surface area (Å²) in [6.07, 6.45) is -0.546. The molecule has 1 fully saturated rings. The Kier molecular flexibility index (Phi) is 7.83. The van der Waals surface area contributed by atoms with Crippen LogP contribution in [0, 0.1) is 11.3 Å². The van der Waals surface area contributed by atoms with E-state index in [0.717, 1.165) is 0 Å². The van der Waals surface area contributed by atoms with Crippen LogP contribution in [-0.4, -0.2) is 71.4 Å². The Morgan fingerprint density at radius 3 is 2.31 bits per heavy atom. The van der Waals surface area contributed by atoms with Gasteiger partial charge in [0.2, 0.25) is 0 Å². The number of aromatic nitrogens is 2. The van der Waals surface area contributed by atoms with Crippen LogP contribution in [0.3, 0.4) is 0 Å². The lowest BCUT2D eigenvalue weighted by molar-refractivity contribution is 0.0145. The third-order valence-electron chi connectivity index (χ3n) is 4.66. The molecule has 1 aromatic rings. The molecule has 0 radical (unpaired) electrons. The van der Waals surface area contributed by atoms with Crippen molar-refractivity contribution in [1.29, 1.82) is 5.26 Å². The number of anilines is 1. The fourth-order valence-electron chi connectivity index (χ4n) is 3.45. The number of carbonyl (C=O) groups is 2. The summed E-state index contributed by atoms with van der Waals surface area (Å²) >= 11 is 3.32. The number of halogens is 1. The van der Waals surface area contributed by atoms with Gasteiger partial charge in [0, 0.05) is 20.7 Å². The lowest BCUT2D eigenvalue weighted by Gasteiger charge is -2.28. The summed E-state index contributed by atoms with van der Waals surface area (Å²) in [5.74, 6) is 0.292. The number of hydrogen-bond donors (Lipinski definition) is 0. The van der Waals surface area contributed by atoms with E-state index >= 15 is 0 Å². The van der Waals surface area contributed by atoms with E-state index in [4.69, 9.17) is 14.2 Å². The van der Waals surface area contributed by atoms with Crippen LogP contribution in [0.25, 0.3) is 0 Å². The Balaban J connectivity index is 2.41. The minimum absolute atomic E-state index is 0.206. The molecule has 1 aliphatic heterocycles. The van der Waals surface area contributed by atoms with E-state index < -0.39 is 23.4 Å². The number of rotatable bonds is 4. The summed E-state index contributed by atoms with van der Waals surface area (Å²) in [6.45, 7) is 11.3. The van der Waals surface area contributed by atoms with Gasteiger partial charge in [-0.1, -0.05) is 0 Å². The first-order valence-electron chi connectivity index (χ1n) is 10.3. The smallest absolute Gasteiger partial charge is 0.415 e. The zero-order valence-corrected chi connectivity index (χ0v) is 21.5. The molecule has 0 bridgehead atoms. The molecule has 11 heteroatoms. The van der Waals surface area contributed by atoms with Crippen LogP contribution in [0.5, 0.6) is 0 Å². The van der Waals surface area contributed by atoms with Gasteiger partial charge in [-0.25, -0.2) is 14.3 Å². The van der Waals surface area contributed by atoms with Crippen molar-refractivity contribution in [3.63, 3.8) is 0 Å². The molecule has 2 amide bonds. The van der Waals surface area contributed by atoms with Gasteiger partial charge in [0.1, 0.15) is 27.4 Å². The van der Waals surface area contributed by atoms with Gasteiger partial charge in [-0.2, -0.15) is 10.4 Å². The summed E-state index contributed by atoms with van der Waals surface area (Å²) in [4.78, 5) is 28.4. The van der Waals surface area contributed by atoms with Crippen molar-refractivity contribution in [1.82, 2.24) is 14.7 Å². The molecule has 2 unspecified atom stereocenters. The quantitative estimate of drug-likeness (QED) is 0.595. The van der Waals surface area contributed by atoms with Gasteiger partial charge in [0.15, 0.2) is 5.82 Å². The van der Waals surface area contributed by atoms with Gasteiger partial charge in [0.05, 0.1) is 18.7 Å². The zero-order chi connectivity index (χ0) is 24.4. The molecule has 178 valence electrons. The number of carbonyl (C=O) groups excluding carboxylic acids is 2. The highest BCUT2D eigenvalue weighted by atomic mass is 79.9. The van der Waals surface area contributed by atoms with Crippen molar-refractivity contribution in [3.8, 4) is 6.07 Å². The summed E-state index contributed by atoms with van der Waals surface area (Å²) in [7, 11) is 3.10. The summed E-state index contributed by atoms with van der Waals surface area (Å²) in [5, 5.41) is 14.2. The van der Waals surface area contributed by atoms with Gasteiger partial charge in [-0.05, 0) is 63.9 Å². The highest BCUT2D eigenvalue weighted by Gasteiger charge is 2.41. The van der Waals surface area contributed by atoms with Gasteiger partial charge in [0.25, 0.3) is 0 Å². The van der Waals surface area contributed by atoms with Crippen LogP contribution in [0.4, 0.5) is 15.4 Å². The Hall–Kier alpha value is -2.32. The highest BCUT2D eigenvalue weighted by Crippen LogP contribution is 2.36. The van der Waals surface area contributed by atoms with Crippen LogP contribution in [0.2, 0.25) is 0 Å². The molecule has 1 saturated heterocycles. The maximum Gasteiger partial charge on any atom is 0.415 e. The summed E-state index contributed by atoms with van der Waals surface area (Å²) in [6, 6.07) is 1.55. The predicted octanol–water partition coefficient (Wildman–Crippen LogP) is 4.09. The number of nitriles is 1. The second-order valence-corrected chi connectivity index (χ2v) is 10.5. The van der Waals surface area contributed by atoms with Crippen LogP contribution in [0.15, 0.2) is 4.60 Å². The Morgan fingerprint density at radius 1 is 1.22 bits per heavy atom. The van der Waals surface area contributed by atoms with Gasteiger partial charge in [-0.3, -0.25) is 4.90 Å². The van der Waals surface area contributed by atoms with E-state index in [1.807, 2.05) is 20.8 Å². The van der Waals surface area contributed by atoms with Crippen LogP contribution in [-0.2, 0) is 14.2 Å². The molecule has 0 spiro atoms. The minimum atomic E-state index is -0.704. The van der Waals surface area contributed by atoms with E-state index in [1.54, 1.807) is 37.5 Å². The zero-order valence-electron chi connectivity index (χ0n) is 19.9. The third kappa shape index (κ3) is 6.13. The van der Waals surface area contributed by atoms with Crippen LogP contribution in [0.1, 0.15) is 59.6 Å². The van der Waals surface area contributed by atoms with Crippen LogP contribution >= 0.6 is 15.9 Å². The van der Waals surface area contributed by atoms with Crippen molar-refractivity contribution < 1.29 is 23.8 Å². The largest absolute Gasteiger partial charge is 0.444 e. The fourth-order valence-corrected chi connectivity index (χ4v) is 3.89. The molecule has 0 N–H and O–H groups in total. The topological polar surface area (TPSA) is 110 Å². The van der Waals surface area contributed by atoms with Crippen molar-refractivity contribution in [2.45, 2.75) is 71.2 Å². The molecule has 0 aromatic carbocycles. The first-order chi connectivity index (χ1) is 14.7. The maximum atomic E-state index is 12.8. The second-order valence-electron chi connectivity index (χ2n) is 9.72. The standard InChI is InChI=1S/C21H32BrN5O5/c1-20(2,3)31-18(28)25(7)17-15(10-23)16(22)24-27(17)13-9-14(12-30-8)26(11-13)19(29)32-21(4,5)6/h13-14H,9,11-12H2,1-8H3. The molecule has 10 nitrogen and oxygen atoms in total. The molecule has 0 saturated carbocycles. The Morgan fingerprint density at radius 2 is 1.81 bits per heavy atom. The lowest BCUT2D eigenvalue weighted by atomic mass is 10.2. The van der Waals surface area contributed by atoms with Gasteiger partial charge >= 0.3 is 12.2 Å². The van der Waals surface area contributed by atoms with Gasteiger partial charge in [-0.15, -0.1) is 0 Å². The summed E-state index contributed by atoms with van der Waals surface area (Å²) in [5.41, 5.74) is -1.14. The van der Waals surface area contributed by atoms with E-state index in [-0.39, 0.29) is 24.2 Å². The number of methoxy groups -OCH3 is 1. The predicted molar refractivity (Wildman–Crippen MR) is 122 cm³/mol. The average molecular weight is 514 g/mol. The first-order valence-corrected chi connectivity index (χ1v) is 11.1. The molecule has 1 aliphatic rings. The molecule has 1 aromatic heterocycles. The number of ether oxygens (including phenoxy) is 3. The van der Waals surface area contributed by atoms with Gasteiger partial charge < -0.3 is 19.1 Å². The van der Waals surface area contributed by atoms with E-state index in [1.165, 1.54) is 11.9 Å². The Labute approximate surface area is 197 Å².